The Balaban J connectivity index is 1.53. The van der Waals surface area contributed by atoms with Gasteiger partial charge < -0.3 is 10.6 Å². The molecule has 2 heterocycles. The van der Waals surface area contributed by atoms with Crippen LogP contribution in [0.2, 0.25) is 0 Å². The van der Waals surface area contributed by atoms with Crippen LogP contribution in [0.3, 0.4) is 0 Å². The van der Waals surface area contributed by atoms with E-state index in [9.17, 15) is 4.79 Å². The quantitative estimate of drug-likeness (QED) is 0.720. The summed E-state index contributed by atoms with van der Waals surface area (Å²) in [5.41, 5.74) is 1.41. The number of benzene rings is 1. The molecule has 0 aliphatic carbocycles. The third-order valence-electron chi connectivity index (χ3n) is 3.00. The summed E-state index contributed by atoms with van der Waals surface area (Å²) in [6.45, 7) is 0.623. The maximum absolute atomic E-state index is 12.0. The molecule has 6 heteroatoms. The highest BCUT2D eigenvalue weighted by molar-refractivity contribution is 7.14. The zero-order valence-corrected chi connectivity index (χ0v) is 13.4. The van der Waals surface area contributed by atoms with E-state index < -0.39 is 0 Å². The molecule has 0 saturated heterocycles. The lowest BCUT2D eigenvalue weighted by molar-refractivity contribution is 0.0950. The number of hydrogen-bond donors (Lipinski definition) is 2. The Kier molecular flexibility index (Phi) is 4.82. The summed E-state index contributed by atoms with van der Waals surface area (Å²) < 4.78 is 0. The second kappa shape index (κ2) is 7.20. The van der Waals surface area contributed by atoms with Crippen LogP contribution in [0.4, 0.5) is 10.8 Å². The second-order valence-electron chi connectivity index (χ2n) is 4.61. The molecule has 0 aliphatic rings. The van der Waals surface area contributed by atoms with Gasteiger partial charge in [0.2, 0.25) is 0 Å². The van der Waals surface area contributed by atoms with Crippen molar-refractivity contribution in [1.29, 1.82) is 0 Å². The van der Waals surface area contributed by atoms with E-state index in [1.54, 1.807) is 16.7 Å². The van der Waals surface area contributed by atoms with Crippen molar-refractivity contribution in [3.8, 4) is 0 Å². The molecule has 1 amide bonds. The number of carbonyl (C=O) groups excluding carboxylic acids is 1. The van der Waals surface area contributed by atoms with Crippen molar-refractivity contribution < 1.29 is 4.79 Å². The third-order valence-corrected chi connectivity index (χ3v) is 4.69. The third kappa shape index (κ3) is 3.93. The van der Waals surface area contributed by atoms with Crippen LogP contribution in [-0.4, -0.2) is 17.4 Å². The largest absolute Gasteiger partial charge is 0.350 e. The van der Waals surface area contributed by atoms with Gasteiger partial charge in [-0.25, -0.2) is 4.98 Å². The van der Waals surface area contributed by atoms with Gasteiger partial charge in [0.1, 0.15) is 5.69 Å². The van der Waals surface area contributed by atoms with Gasteiger partial charge in [0, 0.05) is 22.5 Å². The number of hydrogen-bond acceptors (Lipinski definition) is 5. The van der Waals surface area contributed by atoms with Gasteiger partial charge in [0.25, 0.3) is 5.91 Å². The molecule has 4 nitrogen and oxygen atoms in total. The number of aromatic nitrogens is 1. The molecule has 0 fully saturated rings. The normalized spacial score (nSPS) is 10.4. The highest BCUT2D eigenvalue weighted by Crippen LogP contribution is 2.20. The average molecular weight is 329 g/mol. The van der Waals surface area contributed by atoms with Gasteiger partial charge in [-0.2, -0.15) is 0 Å². The standard InChI is InChI=1S/C16H15N3OS2/c20-15(17-9-8-13-7-4-10-21-13)14-11-22-16(19-14)18-12-5-2-1-3-6-12/h1-7,10-11H,8-9H2,(H,17,20)(H,18,19). The van der Waals surface area contributed by atoms with Crippen LogP contribution in [0.1, 0.15) is 15.4 Å². The van der Waals surface area contributed by atoms with Gasteiger partial charge in [0.15, 0.2) is 5.13 Å². The number of thiazole rings is 1. The van der Waals surface area contributed by atoms with Crippen molar-refractivity contribution >= 4 is 39.4 Å². The van der Waals surface area contributed by atoms with Crippen molar-refractivity contribution in [2.24, 2.45) is 0 Å². The van der Waals surface area contributed by atoms with Crippen LogP contribution in [0.5, 0.6) is 0 Å². The summed E-state index contributed by atoms with van der Waals surface area (Å²) in [7, 11) is 0. The van der Waals surface area contributed by atoms with Crippen LogP contribution in [0.25, 0.3) is 0 Å². The van der Waals surface area contributed by atoms with E-state index in [0.717, 1.165) is 17.2 Å². The van der Waals surface area contributed by atoms with Gasteiger partial charge in [-0.05, 0) is 30.0 Å². The van der Waals surface area contributed by atoms with Crippen molar-refractivity contribution in [1.82, 2.24) is 10.3 Å². The molecule has 112 valence electrons. The Bertz CT molecular complexity index is 723. The Morgan fingerprint density at radius 2 is 1.95 bits per heavy atom. The summed E-state index contributed by atoms with van der Waals surface area (Å²) in [5, 5.41) is 10.6. The Labute approximate surface area is 136 Å². The molecule has 0 atom stereocenters. The molecule has 22 heavy (non-hydrogen) atoms. The summed E-state index contributed by atoms with van der Waals surface area (Å²) in [4.78, 5) is 17.6. The van der Waals surface area contributed by atoms with Gasteiger partial charge in [-0.1, -0.05) is 24.3 Å². The predicted molar refractivity (Wildman–Crippen MR) is 92.2 cm³/mol. The Morgan fingerprint density at radius 1 is 1.09 bits per heavy atom. The van der Waals surface area contributed by atoms with Gasteiger partial charge in [-0.15, -0.1) is 22.7 Å². The molecule has 0 spiro atoms. The number of thiophene rings is 1. The van der Waals surface area contributed by atoms with Gasteiger partial charge in [0.05, 0.1) is 0 Å². The first-order valence-corrected chi connectivity index (χ1v) is 8.65. The highest BCUT2D eigenvalue weighted by Gasteiger charge is 2.10. The topological polar surface area (TPSA) is 54.0 Å². The maximum atomic E-state index is 12.0. The smallest absolute Gasteiger partial charge is 0.270 e. The zero-order chi connectivity index (χ0) is 15.2. The monoisotopic (exact) mass is 329 g/mol. The van der Waals surface area contributed by atoms with E-state index >= 15 is 0 Å². The van der Waals surface area contributed by atoms with Crippen molar-refractivity contribution in [2.75, 3.05) is 11.9 Å². The predicted octanol–water partition coefficient (Wildman–Crippen LogP) is 3.92. The van der Waals surface area contributed by atoms with Crippen LogP contribution in [0, 0.1) is 0 Å². The lowest BCUT2D eigenvalue weighted by Gasteiger charge is -2.02. The summed E-state index contributed by atoms with van der Waals surface area (Å²) in [6, 6.07) is 13.9. The number of para-hydroxylation sites is 1. The van der Waals surface area contributed by atoms with Crippen molar-refractivity contribution in [3.05, 3.63) is 63.8 Å². The van der Waals surface area contributed by atoms with E-state index in [1.165, 1.54) is 16.2 Å². The fraction of sp³-hybridized carbons (Fsp3) is 0.125. The number of nitrogens with zero attached hydrogens (tertiary/aromatic N) is 1. The SMILES string of the molecule is O=C(NCCc1cccs1)c1csc(Nc2ccccc2)n1. The first kappa shape index (κ1) is 14.7. The second-order valence-corrected chi connectivity index (χ2v) is 6.50. The van der Waals surface area contributed by atoms with Gasteiger partial charge in [-0.3, -0.25) is 4.79 Å². The summed E-state index contributed by atoms with van der Waals surface area (Å²) in [6.07, 6.45) is 0.850. The molecule has 0 radical (unpaired) electrons. The van der Waals surface area contributed by atoms with E-state index in [0.29, 0.717) is 12.2 Å². The molecule has 0 aliphatic heterocycles. The zero-order valence-electron chi connectivity index (χ0n) is 11.8. The van der Waals surface area contributed by atoms with Crippen LogP contribution >= 0.6 is 22.7 Å². The molecule has 1 aromatic carbocycles. The van der Waals surface area contributed by atoms with E-state index in [4.69, 9.17) is 0 Å². The summed E-state index contributed by atoms with van der Waals surface area (Å²) in [5.74, 6) is -0.131. The minimum absolute atomic E-state index is 0.131. The first-order valence-electron chi connectivity index (χ1n) is 6.89. The van der Waals surface area contributed by atoms with Crippen molar-refractivity contribution in [3.63, 3.8) is 0 Å². The summed E-state index contributed by atoms with van der Waals surface area (Å²) >= 11 is 3.12. The first-order chi connectivity index (χ1) is 10.8. The molecule has 0 saturated carbocycles. The van der Waals surface area contributed by atoms with E-state index in [2.05, 4.69) is 21.7 Å². The number of amides is 1. The lowest BCUT2D eigenvalue weighted by atomic mass is 10.3. The highest BCUT2D eigenvalue weighted by atomic mass is 32.1. The number of rotatable bonds is 6. The number of nitrogens with one attached hydrogen (secondary N) is 2. The number of carbonyl (C=O) groups is 1. The van der Waals surface area contributed by atoms with Crippen LogP contribution in [0.15, 0.2) is 53.2 Å². The lowest BCUT2D eigenvalue weighted by Crippen LogP contribution is -2.25. The Hall–Kier alpha value is -2.18. The molecule has 2 N–H and O–H groups in total. The molecule has 0 unspecified atom stereocenters. The Morgan fingerprint density at radius 3 is 2.73 bits per heavy atom. The molecule has 0 bridgehead atoms. The van der Waals surface area contributed by atoms with Crippen LogP contribution in [-0.2, 0) is 6.42 Å². The average Bonchev–Trinajstić information content (AvgIpc) is 3.20. The minimum atomic E-state index is -0.131. The van der Waals surface area contributed by atoms with Crippen molar-refractivity contribution in [2.45, 2.75) is 6.42 Å². The fourth-order valence-corrected chi connectivity index (χ4v) is 3.34. The molecule has 2 aromatic heterocycles. The number of anilines is 2. The fourth-order valence-electron chi connectivity index (χ4n) is 1.93. The maximum Gasteiger partial charge on any atom is 0.270 e. The van der Waals surface area contributed by atoms with E-state index in [-0.39, 0.29) is 5.91 Å². The molecular weight excluding hydrogens is 314 g/mol. The minimum Gasteiger partial charge on any atom is -0.350 e. The van der Waals surface area contributed by atoms with Crippen LogP contribution < -0.4 is 10.6 Å². The van der Waals surface area contributed by atoms with E-state index in [1.807, 2.05) is 41.8 Å². The molecule has 3 rings (SSSR count). The molecule has 3 aromatic rings. The van der Waals surface area contributed by atoms with Gasteiger partial charge >= 0.3 is 0 Å². The molecular formula is C16H15N3OS2.